The maximum atomic E-state index is 14.1. The number of pyridine rings is 2. The van der Waals surface area contributed by atoms with Crippen LogP contribution in [0.1, 0.15) is 10.4 Å². The highest BCUT2D eigenvalue weighted by atomic mass is 19.1. The molecule has 3 rings (SSSR count). The minimum absolute atomic E-state index is 0.0495. The van der Waals surface area contributed by atoms with Gasteiger partial charge < -0.3 is 15.0 Å². The molecule has 2 aromatic heterocycles. The number of nitrogens with zero attached hydrogens (tertiary/aromatic N) is 3. The smallest absolute Gasteiger partial charge is 0.263 e. The average molecular weight is 398 g/mol. The molecule has 0 aliphatic heterocycles. The number of carbonyl (C=O) groups is 2. The molecular formula is C20H16F2N4O3. The molecule has 0 aliphatic carbocycles. The second-order valence-corrected chi connectivity index (χ2v) is 5.93. The van der Waals surface area contributed by atoms with Crippen LogP contribution in [0.2, 0.25) is 0 Å². The molecule has 2 amide bonds. The predicted molar refractivity (Wildman–Crippen MR) is 103 cm³/mol. The van der Waals surface area contributed by atoms with Crippen molar-refractivity contribution in [3.8, 4) is 17.0 Å². The van der Waals surface area contributed by atoms with Crippen LogP contribution in [0.4, 0.5) is 20.3 Å². The summed E-state index contributed by atoms with van der Waals surface area (Å²) in [6.45, 7) is 0. The third-order valence-corrected chi connectivity index (χ3v) is 4.15. The number of nitrogens with one attached hydrogen (secondary N) is 1. The first kappa shape index (κ1) is 19.9. The number of methoxy groups -OCH3 is 1. The van der Waals surface area contributed by atoms with E-state index in [1.54, 1.807) is 12.1 Å². The Bertz CT molecular complexity index is 1080. The van der Waals surface area contributed by atoms with E-state index in [1.807, 2.05) is 0 Å². The average Bonchev–Trinajstić information content (AvgIpc) is 2.73. The second kappa shape index (κ2) is 8.42. The highest BCUT2D eigenvalue weighted by Crippen LogP contribution is 2.28. The summed E-state index contributed by atoms with van der Waals surface area (Å²) in [5.41, 5.74) is 1.19. The maximum Gasteiger partial charge on any atom is 0.263 e. The Hall–Kier alpha value is -3.88. The largest absolute Gasteiger partial charge is 0.480 e. The fourth-order valence-electron chi connectivity index (χ4n) is 2.72. The van der Waals surface area contributed by atoms with E-state index in [1.165, 1.54) is 38.7 Å². The van der Waals surface area contributed by atoms with Crippen molar-refractivity contribution in [1.29, 1.82) is 0 Å². The van der Waals surface area contributed by atoms with Gasteiger partial charge in [0.1, 0.15) is 23.0 Å². The summed E-state index contributed by atoms with van der Waals surface area (Å²) in [5, 5.41) is 2.44. The summed E-state index contributed by atoms with van der Waals surface area (Å²) in [5.74, 6) is -1.84. The van der Waals surface area contributed by atoms with Crippen LogP contribution in [0.25, 0.3) is 11.1 Å². The van der Waals surface area contributed by atoms with Crippen LogP contribution >= 0.6 is 0 Å². The maximum absolute atomic E-state index is 14.1. The Morgan fingerprint density at radius 2 is 1.93 bits per heavy atom. The van der Waals surface area contributed by atoms with Crippen molar-refractivity contribution in [2.75, 3.05) is 24.4 Å². The number of ether oxygens (including phenoxy) is 1. The van der Waals surface area contributed by atoms with Gasteiger partial charge in [-0.25, -0.2) is 18.7 Å². The summed E-state index contributed by atoms with van der Waals surface area (Å²) in [7, 11) is 2.72. The van der Waals surface area contributed by atoms with Gasteiger partial charge in [0, 0.05) is 31.1 Å². The van der Waals surface area contributed by atoms with E-state index in [2.05, 4.69) is 15.3 Å². The van der Waals surface area contributed by atoms with Crippen LogP contribution in [0.15, 0.2) is 48.8 Å². The Morgan fingerprint density at radius 3 is 2.62 bits per heavy atom. The number of carbonyl (C=O) groups excluding carboxylic acids is 2. The Kier molecular flexibility index (Phi) is 5.77. The highest BCUT2D eigenvalue weighted by Gasteiger charge is 2.22. The van der Waals surface area contributed by atoms with Crippen LogP contribution in [-0.4, -0.2) is 36.4 Å². The summed E-state index contributed by atoms with van der Waals surface area (Å²) < 4.78 is 32.4. The third-order valence-electron chi connectivity index (χ3n) is 4.15. The standard InChI is InChI=1S/C20H16F2N4O3/c1-26(17-4-3-14(21)9-16(17)22)20(28)15-7-13(10-24-19(15)29-2)12-5-6-23-18(8-12)25-11-27/h3-11H,1-2H3,(H,23,25,27). The van der Waals surface area contributed by atoms with E-state index in [0.717, 1.165) is 11.0 Å². The fourth-order valence-corrected chi connectivity index (χ4v) is 2.72. The van der Waals surface area contributed by atoms with Crippen LogP contribution in [-0.2, 0) is 4.79 Å². The number of rotatable bonds is 6. The molecule has 0 saturated heterocycles. The number of benzene rings is 1. The van der Waals surface area contributed by atoms with E-state index in [-0.39, 0.29) is 17.1 Å². The van der Waals surface area contributed by atoms with Gasteiger partial charge in [0.05, 0.1) is 12.8 Å². The minimum Gasteiger partial charge on any atom is -0.480 e. The molecule has 0 atom stereocenters. The number of hydrogen-bond acceptors (Lipinski definition) is 5. The number of amides is 2. The van der Waals surface area contributed by atoms with E-state index in [0.29, 0.717) is 29.4 Å². The fraction of sp³-hybridized carbons (Fsp3) is 0.100. The van der Waals surface area contributed by atoms with Crippen molar-refractivity contribution in [1.82, 2.24) is 9.97 Å². The summed E-state index contributed by atoms with van der Waals surface area (Å²) in [6.07, 6.45) is 3.49. The zero-order chi connectivity index (χ0) is 21.0. The summed E-state index contributed by atoms with van der Waals surface area (Å²) >= 11 is 0. The van der Waals surface area contributed by atoms with Gasteiger partial charge in [0.15, 0.2) is 0 Å². The van der Waals surface area contributed by atoms with E-state index in [4.69, 9.17) is 4.74 Å². The topological polar surface area (TPSA) is 84.4 Å². The van der Waals surface area contributed by atoms with Gasteiger partial charge in [0.2, 0.25) is 12.3 Å². The normalized spacial score (nSPS) is 10.3. The molecule has 0 bridgehead atoms. The second-order valence-electron chi connectivity index (χ2n) is 5.93. The summed E-state index contributed by atoms with van der Waals surface area (Å²) in [4.78, 5) is 32.8. The lowest BCUT2D eigenvalue weighted by molar-refractivity contribution is -0.105. The molecular weight excluding hydrogens is 382 g/mol. The molecule has 0 spiro atoms. The van der Waals surface area contributed by atoms with Gasteiger partial charge in [-0.1, -0.05) is 0 Å². The van der Waals surface area contributed by atoms with Crippen LogP contribution in [0.5, 0.6) is 5.88 Å². The monoisotopic (exact) mass is 398 g/mol. The molecule has 0 radical (unpaired) electrons. The van der Waals surface area contributed by atoms with Crippen molar-refractivity contribution in [3.63, 3.8) is 0 Å². The van der Waals surface area contributed by atoms with Gasteiger partial charge in [-0.3, -0.25) is 9.59 Å². The van der Waals surface area contributed by atoms with Gasteiger partial charge in [0.25, 0.3) is 5.91 Å². The van der Waals surface area contributed by atoms with Gasteiger partial charge in [-0.2, -0.15) is 0 Å². The first-order chi connectivity index (χ1) is 13.9. The SMILES string of the molecule is COc1ncc(-c2ccnc(NC=O)c2)cc1C(=O)N(C)c1ccc(F)cc1F. The molecule has 9 heteroatoms. The molecule has 3 aromatic rings. The zero-order valence-corrected chi connectivity index (χ0v) is 15.5. The van der Waals surface area contributed by atoms with Crippen molar-refractivity contribution < 1.29 is 23.1 Å². The minimum atomic E-state index is -0.873. The molecule has 148 valence electrons. The first-order valence-corrected chi connectivity index (χ1v) is 8.38. The quantitative estimate of drug-likeness (QED) is 0.645. The molecule has 0 aliphatic rings. The molecule has 1 aromatic carbocycles. The van der Waals surface area contributed by atoms with E-state index < -0.39 is 17.5 Å². The van der Waals surface area contributed by atoms with Gasteiger partial charge in [-0.05, 0) is 35.9 Å². The lowest BCUT2D eigenvalue weighted by Crippen LogP contribution is -2.28. The molecule has 0 saturated carbocycles. The molecule has 0 fully saturated rings. The Morgan fingerprint density at radius 1 is 1.14 bits per heavy atom. The number of aromatic nitrogens is 2. The molecule has 2 heterocycles. The van der Waals surface area contributed by atoms with Gasteiger partial charge in [-0.15, -0.1) is 0 Å². The highest BCUT2D eigenvalue weighted by molar-refractivity contribution is 6.08. The lowest BCUT2D eigenvalue weighted by Gasteiger charge is -2.19. The summed E-state index contributed by atoms with van der Waals surface area (Å²) in [6, 6.07) is 7.75. The zero-order valence-electron chi connectivity index (χ0n) is 15.5. The predicted octanol–water partition coefficient (Wildman–Crippen LogP) is 3.28. The lowest BCUT2D eigenvalue weighted by atomic mass is 10.1. The molecule has 1 N–H and O–H groups in total. The first-order valence-electron chi connectivity index (χ1n) is 8.38. The van der Waals surface area contributed by atoms with E-state index >= 15 is 0 Å². The van der Waals surface area contributed by atoms with Gasteiger partial charge >= 0.3 is 0 Å². The Balaban J connectivity index is 2.01. The van der Waals surface area contributed by atoms with Crippen molar-refractivity contribution in [2.45, 2.75) is 0 Å². The molecule has 29 heavy (non-hydrogen) atoms. The molecule has 0 unspecified atom stereocenters. The molecule has 7 nitrogen and oxygen atoms in total. The van der Waals surface area contributed by atoms with Crippen molar-refractivity contribution in [2.24, 2.45) is 0 Å². The number of halogens is 2. The van der Waals surface area contributed by atoms with Crippen LogP contribution < -0.4 is 15.0 Å². The van der Waals surface area contributed by atoms with Crippen molar-refractivity contribution in [3.05, 3.63) is 66.0 Å². The van der Waals surface area contributed by atoms with Crippen LogP contribution in [0, 0.1) is 11.6 Å². The number of hydrogen-bond donors (Lipinski definition) is 1. The van der Waals surface area contributed by atoms with Crippen molar-refractivity contribution >= 4 is 23.8 Å². The third kappa shape index (κ3) is 4.18. The Labute approximate surface area is 165 Å². The van der Waals surface area contributed by atoms with E-state index in [9.17, 15) is 18.4 Å². The van der Waals surface area contributed by atoms with Crippen LogP contribution in [0.3, 0.4) is 0 Å². The number of anilines is 2.